The normalized spacial score (nSPS) is 14.6. The van der Waals surface area contributed by atoms with Gasteiger partial charge >= 0.3 is 0 Å². The summed E-state index contributed by atoms with van der Waals surface area (Å²) in [5, 5.41) is 32.7. The van der Waals surface area contributed by atoms with Crippen molar-refractivity contribution in [2.75, 3.05) is 4.90 Å². The molecule has 10 heteroatoms. The smallest absolute Gasteiger partial charge is 0.249 e. The number of nitrogens with zero attached hydrogens (tertiary/aromatic N) is 5. The number of rotatable bonds is 7. The lowest BCUT2D eigenvalue weighted by atomic mass is 9.94. The number of hydrogen-bond acceptors (Lipinski definition) is 7. The number of carbonyl (C=O) groups is 2. The zero-order valence-electron chi connectivity index (χ0n) is 22.3. The fourth-order valence-corrected chi connectivity index (χ4v) is 5.52. The molecule has 0 saturated heterocycles. The first-order valence-corrected chi connectivity index (χ1v) is 13.8. The van der Waals surface area contributed by atoms with E-state index in [-0.39, 0.29) is 30.0 Å². The number of amides is 2. The first kappa shape index (κ1) is 26.2. The van der Waals surface area contributed by atoms with Gasteiger partial charge in [-0.3, -0.25) is 19.5 Å². The molecule has 3 aromatic carbocycles. The maximum atomic E-state index is 14.3. The SMILES string of the molecule is O=C(NC1CCCCC1)[C@@H](c1ccc(O)c(O)c1)N(C(=O)Cn1nnc2ccccc21)c1cnc2ccccc2c1. The van der Waals surface area contributed by atoms with Crippen LogP contribution >= 0.6 is 0 Å². The molecule has 1 saturated carbocycles. The third-order valence-corrected chi connectivity index (χ3v) is 7.60. The van der Waals surface area contributed by atoms with Gasteiger partial charge in [0.25, 0.3) is 0 Å². The highest BCUT2D eigenvalue weighted by molar-refractivity contribution is 6.02. The lowest BCUT2D eigenvalue weighted by Crippen LogP contribution is -2.48. The molecule has 0 spiro atoms. The highest BCUT2D eigenvalue weighted by atomic mass is 16.3. The Morgan fingerprint density at radius 2 is 1.68 bits per heavy atom. The number of para-hydroxylation sites is 2. The van der Waals surface area contributed by atoms with Gasteiger partial charge in [-0.15, -0.1) is 5.10 Å². The van der Waals surface area contributed by atoms with Crippen LogP contribution in [0.15, 0.2) is 79.0 Å². The molecule has 6 rings (SSSR count). The predicted molar refractivity (Wildman–Crippen MR) is 154 cm³/mol. The standard InChI is InChI=1S/C31H30N6O4/c38-27-15-14-21(17-28(27)39)30(31(41)33-22-9-2-1-3-10-22)37(23-16-20-8-4-5-11-24(20)32-18-23)29(40)19-36-26-13-7-6-12-25(26)34-35-36/h4-8,11-18,22,30,38-39H,1-3,9-10,19H2,(H,33,41)/t30-/m1/s1. The zero-order chi connectivity index (χ0) is 28.3. The van der Waals surface area contributed by atoms with Gasteiger partial charge < -0.3 is 15.5 Å². The second kappa shape index (κ2) is 11.2. The first-order chi connectivity index (χ1) is 20.0. The van der Waals surface area contributed by atoms with E-state index in [0.717, 1.165) is 43.0 Å². The maximum Gasteiger partial charge on any atom is 0.249 e. The minimum absolute atomic E-state index is 0.0181. The minimum atomic E-state index is -1.16. The van der Waals surface area contributed by atoms with Crippen LogP contribution in [0.25, 0.3) is 21.9 Å². The van der Waals surface area contributed by atoms with Crippen LogP contribution in [-0.2, 0) is 16.1 Å². The van der Waals surface area contributed by atoms with E-state index in [4.69, 9.17) is 0 Å². The molecule has 0 aliphatic heterocycles. The van der Waals surface area contributed by atoms with Crippen LogP contribution in [0.5, 0.6) is 11.5 Å². The van der Waals surface area contributed by atoms with Gasteiger partial charge in [0, 0.05) is 11.4 Å². The number of fused-ring (bicyclic) bond motifs is 2. The largest absolute Gasteiger partial charge is 0.504 e. The molecule has 2 heterocycles. The number of carbonyl (C=O) groups excluding carboxylic acids is 2. The van der Waals surface area contributed by atoms with Crippen molar-refractivity contribution >= 4 is 39.4 Å². The Morgan fingerprint density at radius 1 is 0.927 bits per heavy atom. The predicted octanol–water partition coefficient (Wildman–Crippen LogP) is 4.61. The van der Waals surface area contributed by atoms with E-state index >= 15 is 0 Å². The summed E-state index contributed by atoms with van der Waals surface area (Å²) in [5.74, 6) is -1.51. The van der Waals surface area contributed by atoms with Crippen molar-refractivity contribution in [2.45, 2.75) is 50.7 Å². The Labute approximate surface area is 236 Å². The van der Waals surface area contributed by atoms with Gasteiger partial charge in [-0.05, 0) is 54.8 Å². The quantitative estimate of drug-likeness (QED) is 0.252. The minimum Gasteiger partial charge on any atom is -0.504 e. The van der Waals surface area contributed by atoms with E-state index in [2.05, 4.69) is 20.6 Å². The highest BCUT2D eigenvalue weighted by Gasteiger charge is 2.35. The summed E-state index contributed by atoms with van der Waals surface area (Å²) in [5.41, 5.74) is 2.83. The van der Waals surface area contributed by atoms with Crippen molar-refractivity contribution in [2.24, 2.45) is 0 Å². The van der Waals surface area contributed by atoms with Crippen LogP contribution in [0.4, 0.5) is 5.69 Å². The summed E-state index contributed by atoms with van der Waals surface area (Å²) in [6.07, 6.45) is 6.45. The number of pyridine rings is 1. The topological polar surface area (TPSA) is 133 Å². The Balaban J connectivity index is 1.46. The molecule has 3 N–H and O–H groups in total. The van der Waals surface area contributed by atoms with Gasteiger partial charge in [0.05, 0.1) is 22.9 Å². The van der Waals surface area contributed by atoms with Crippen molar-refractivity contribution in [1.29, 1.82) is 0 Å². The molecule has 1 aliphatic rings. The van der Waals surface area contributed by atoms with E-state index in [1.807, 2.05) is 54.6 Å². The second-order valence-electron chi connectivity index (χ2n) is 10.4. The van der Waals surface area contributed by atoms with Crippen molar-refractivity contribution in [1.82, 2.24) is 25.3 Å². The Kier molecular flexibility index (Phi) is 7.20. The maximum absolute atomic E-state index is 14.3. The third-order valence-electron chi connectivity index (χ3n) is 7.60. The molecule has 41 heavy (non-hydrogen) atoms. The lowest BCUT2D eigenvalue weighted by molar-refractivity contribution is -0.127. The number of aromatic hydroxyl groups is 2. The van der Waals surface area contributed by atoms with Crippen molar-refractivity contribution in [3.05, 3.63) is 84.6 Å². The average Bonchev–Trinajstić information content (AvgIpc) is 3.40. The fourth-order valence-electron chi connectivity index (χ4n) is 5.52. The van der Waals surface area contributed by atoms with Crippen LogP contribution in [0, 0.1) is 0 Å². The fraction of sp³-hybridized carbons (Fsp3) is 0.258. The average molecular weight is 551 g/mol. The summed E-state index contributed by atoms with van der Waals surface area (Å²) in [6.45, 7) is -0.190. The first-order valence-electron chi connectivity index (χ1n) is 13.8. The molecular formula is C31H30N6O4. The Hall–Kier alpha value is -4.99. The molecule has 1 aliphatic carbocycles. The number of benzene rings is 3. The summed E-state index contributed by atoms with van der Waals surface area (Å²) in [4.78, 5) is 34.3. The van der Waals surface area contributed by atoms with Crippen molar-refractivity contribution < 1.29 is 19.8 Å². The molecule has 10 nitrogen and oxygen atoms in total. The summed E-state index contributed by atoms with van der Waals surface area (Å²) in [6, 6.07) is 19.7. The van der Waals surface area contributed by atoms with E-state index in [9.17, 15) is 19.8 Å². The Bertz CT molecular complexity index is 1730. The van der Waals surface area contributed by atoms with E-state index in [0.29, 0.717) is 22.3 Å². The second-order valence-corrected chi connectivity index (χ2v) is 10.4. The van der Waals surface area contributed by atoms with E-state index < -0.39 is 11.9 Å². The summed E-state index contributed by atoms with van der Waals surface area (Å²) >= 11 is 0. The molecule has 5 aromatic rings. The number of phenols is 2. The molecule has 2 amide bonds. The molecular weight excluding hydrogens is 520 g/mol. The van der Waals surface area contributed by atoms with Gasteiger partial charge in [-0.1, -0.05) is 60.9 Å². The summed E-state index contributed by atoms with van der Waals surface area (Å²) < 4.78 is 1.50. The van der Waals surface area contributed by atoms with Gasteiger partial charge in [0.2, 0.25) is 11.8 Å². The van der Waals surface area contributed by atoms with Gasteiger partial charge in [0.15, 0.2) is 11.5 Å². The van der Waals surface area contributed by atoms with E-state index in [1.165, 1.54) is 21.7 Å². The van der Waals surface area contributed by atoms with Crippen molar-refractivity contribution in [3.63, 3.8) is 0 Å². The number of hydrogen-bond donors (Lipinski definition) is 3. The molecule has 0 unspecified atom stereocenters. The number of nitrogens with one attached hydrogen (secondary N) is 1. The highest BCUT2D eigenvalue weighted by Crippen LogP contribution is 2.35. The zero-order valence-corrected chi connectivity index (χ0v) is 22.3. The molecule has 0 bridgehead atoms. The van der Waals surface area contributed by atoms with Crippen LogP contribution in [0.2, 0.25) is 0 Å². The van der Waals surface area contributed by atoms with Gasteiger partial charge in [0.1, 0.15) is 18.1 Å². The Morgan fingerprint density at radius 3 is 2.49 bits per heavy atom. The van der Waals surface area contributed by atoms with Crippen LogP contribution in [0.1, 0.15) is 43.7 Å². The van der Waals surface area contributed by atoms with Crippen LogP contribution in [-0.4, -0.2) is 48.0 Å². The number of aromatic nitrogens is 4. The van der Waals surface area contributed by atoms with E-state index in [1.54, 1.807) is 12.3 Å². The molecule has 0 radical (unpaired) electrons. The van der Waals surface area contributed by atoms with Gasteiger partial charge in [-0.2, -0.15) is 0 Å². The third kappa shape index (κ3) is 5.41. The van der Waals surface area contributed by atoms with Crippen LogP contribution < -0.4 is 10.2 Å². The molecule has 208 valence electrons. The molecule has 1 atom stereocenters. The summed E-state index contributed by atoms with van der Waals surface area (Å²) in [7, 11) is 0. The number of anilines is 1. The monoisotopic (exact) mass is 550 g/mol. The van der Waals surface area contributed by atoms with Gasteiger partial charge in [-0.25, -0.2) is 4.68 Å². The number of phenolic OH excluding ortho intramolecular Hbond substituents is 2. The molecule has 2 aromatic heterocycles. The molecule has 1 fully saturated rings. The lowest BCUT2D eigenvalue weighted by Gasteiger charge is -2.33. The van der Waals surface area contributed by atoms with Crippen LogP contribution in [0.3, 0.4) is 0 Å². The van der Waals surface area contributed by atoms with Crippen molar-refractivity contribution in [3.8, 4) is 11.5 Å².